The van der Waals surface area contributed by atoms with Crippen LogP contribution in [0.2, 0.25) is 0 Å². The molecule has 0 aliphatic carbocycles. The van der Waals surface area contributed by atoms with Gasteiger partial charge in [-0.25, -0.2) is 8.42 Å². The number of nitrogens with one attached hydrogen (secondary N) is 1. The average molecular weight is 382 g/mol. The predicted molar refractivity (Wildman–Crippen MR) is 107 cm³/mol. The molecule has 1 N–H and O–H groups in total. The number of benzene rings is 1. The first-order chi connectivity index (χ1) is 12.3. The molecule has 0 spiro atoms. The van der Waals surface area contributed by atoms with Crippen LogP contribution in [0, 0.1) is 5.92 Å². The van der Waals surface area contributed by atoms with Crippen molar-refractivity contribution in [2.75, 3.05) is 42.7 Å². The molecule has 26 heavy (non-hydrogen) atoms. The second-order valence-electron chi connectivity index (χ2n) is 7.21. The van der Waals surface area contributed by atoms with E-state index in [0.29, 0.717) is 12.2 Å². The molecule has 1 heterocycles. The van der Waals surface area contributed by atoms with Crippen LogP contribution in [0.25, 0.3) is 0 Å². The lowest BCUT2D eigenvalue weighted by atomic mass is 9.99. The summed E-state index contributed by atoms with van der Waals surface area (Å²) in [5.41, 5.74) is 1.85. The lowest BCUT2D eigenvalue weighted by Gasteiger charge is -2.32. The highest BCUT2D eigenvalue weighted by Gasteiger charge is 2.20. The van der Waals surface area contributed by atoms with Crippen molar-refractivity contribution < 1.29 is 13.2 Å². The zero-order valence-electron chi connectivity index (χ0n) is 16.1. The number of hydrogen-bond donors (Lipinski definition) is 1. The van der Waals surface area contributed by atoms with E-state index in [4.69, 9.17) is 0 Å². The van der Waals surface area contributed by atoms with Crippen LogP contribution in [0.3, 0.4) is 0 Å². The minimum Gasteiger partial charge on any atom is -0.372 e. The lowest BCUT2D eigenvalue weighted by Crippen LogP contribution is -2.38. The SMILES string of the molecule is CCCCN(CC(=O)Nc1ccc(N2CCC(C)CC2)cc1)S(C)(=O)=O. The van der Waals surface area contributed by atoms with Crippen LogP contribution in [-0.4, -0.2) is 51.1 Å². The standard InChI is InChI=1S/C19H31N3O3S/c1-4-5-12-22(26(3,24)25)15-19(23)20-17-6-8-18(9-7-17)21-13-10-16(2)11-14-21/h6-9,16H,4-5,10-15H2,1-3H3,(H,20,23). The molecule has 0 unspecified atom stereocenters. The van der Waals surface area contributed by atoms with Gasteiger partial charge in [0.15, 0.2) is 0 Å². The molecule has 1 amide bonds. The Kier molecular flexibility index (Phi) is 7.46. The minimum atomic E-state index is -3.38. The Labute approximate surface area is 157 Å². The van der Waals surface area contributed by atoms with Gasteiger partial charge in [-0.15, -0.1) is 0 Å². The predicted octanol–water partition coefficient (Wildman–Crippen LogP) is 2.92. The second kappa shape index (κ2) is 9.37. The maximum atomic E-state index is 12.2. The van der Waals surface area contributed by atoms with Crippen molar-refractivity contribution in [1.29, 1.82) is 0 Å². The van der Waals surface area contributed by atoms with Gasteiger partial charge in [0, 0.05) is 31.0 Å². The molecule has 1 aliphatic rings. The summed E-state index contributed by atoms with van der Waals surface area (Å²) in [6, 6.07) is 7.78. The first-order valence-corrected chi connectivity index (χ1v) is 11.2. The summed E-state index contributed by atoms with van der Waals surface area (Å²) < 4.78 is 24.8. The Hall–Kier alpha value is -1.60. The molecule has 1 fully saturated rings. The Morgan fingerprint density at radius 2 is 1.85 bits per heavy atom. The number of piperidine rings is 1. The van der Waals surface area contributed by atoms with Gasteiger partial charge in [-0.2, -0.15) is 4.31 Å². The summed E-state index contributed by atoms with van der Waals surface area (Å²) in [5, 5.41) is 2.79. The van der Waals surface area contributed by atoms with Gasteiger partial charge in [-0.3, -0.25) is 4.79 Å². The van der Waals surface area contributed by atoms with Crippen LogP contribution < -0.4 is 10.2 Å². The Morgan fingerprint density at radius 1 is 1.23 bits per heavy atom. The summed E-state index contributed by atoms with van der Waals surface area (Å²) in [7, 11) is -3.38. The van der Waals surface area contributed by atoms with Crippen LogP contribution in [0.4, 0.5) is 11.4 Å². The molecule has 1 saturated heterocycles. The molecule has 0 atom stereocenters. The molecule has 1 aromatic carbocycles. The summed E-state index contributed by atoms with van der Waals surface area (Å²) in [5.74, 6) is 0.474. The van der Waals surface area contributed by atoms with Crippen LogP contribution in [0.1, 0.15) is 39.5 Å². The van der Waals surface area contributed by atoms with E-state index in [0.717, 1.165) is 43.8 Å². The molecular weight excluding hydrogens is 350 g/mol. The van der Waals surface area contributed by atoms with E-state index >= 15 is 0 Å². The van der Waals surface area contributed by atoms with Crippen LogP contribution in [-0.2, 0) is 14.8 Å². The van der Waals surface area contributed by atoms with Crippen molar-refractivity contribution in [2.45, 2.75) is 39.5 Å². The number of sulfonamides is 1. The third-order valence-corrected chi connectivity index (χ3v) is 6.10. The highest BCUT2D eigenvalue weighted by atomic mass is 32.2. The first-order valence-electron chi connectivity index (χ1n) is 9.39. The number of carbonyl (C=O) groups is 1. The third-order valence-electron chi connectivity index (χ3n) is 4.85. The number of unbranched alkanes of at least 4 members (excludes halogenated alkanes) is 1. The van der Waals surface area contributed by atoms with Crippen molar-refractivity contribution in [3.05, 3.63) is 24.3 Å². The molecule has 146 valence electrons. The van der Waals surface area contributed by atoms with Gasteiger partial charge in [0.25, 0.3) is 0 Å². The molecule has 1 aromatic rings. The fourth-order valence-electron chi connectivity index (χ4n) is 3.08. The third kappa shape index (κ3) is 6.29. The number of nitrogens with zero attached hydrogens (tertiary/aromatic N) is 2. The summed E-state index contributed by atoms with van der Waals surface area (Å²) in [6.07, 6.45) is 5.17. The monoisotopic (exact) mass is 381 g/mol. The van der Waals surface area contributed by atoms with E-state index in [1.54, 1.807) is 0 Å². The van der Waals surface area contributed by atoms with E-state index in [1.807, 2.05) is 31.2 Å². The zero-order valence-corrected chi connectivity index (χ0v) is 16.9. The highest BCUT2D eigenvalue weighted by molar-refractivity contribution is 7.88. The maximum absolute atomic E-state index is 12.2. The fourth-order valence-corrected chi connectivity index (χ4v) is 3.89. The lowest BCUT2D eigenvalue weighted by molar-refractivity contribution is -0.116. The molecule has 0 saturated carbocycles. The van der Waals surface area contributed by atoms with Gasteiger partial charge in [-0.1, -0.05) is 20.3 Å². The van der Waals surface area contributed by atoms with E-state index in [1.165, 1.54) is 17.1 Å². The molecule has 0 aromatic heterocycles. The van der Waals surface area contributed by atoms with Crippen LogP contribution in [0.5, 0.6) is 0 Å². The maximum Gasteiger partial charge on any atom is 0.239 e. The van der Waals surface area contributed by atoms with Crippen molar-refractivity contribution in [3.8, 4) is 0 Å². The first kappa shape index (κ1) is 20.7. The molecule has 1 aliphatic heterocycles. The van der Waals surface area contributed by atoms with Crippen molar-refractivity contribution in [1.82, 2.24) is 4.31 Å². The number of carbonyl (C=O) groups excluding carboxylic acids is 1. The van der Waals surface area contributed by atoms with Crippen LogP contribution in [0.15, 0.2) is 24.3 Å². The van der Waals surface area contributed by atoms with Gasteiger partial charge in [0.2, 0.25) is 15.9 Å². The van der Waals surface area contributed by atoms with Gasteiger partial charge < -0.3 is 10.2 Å². The molecular formula is C19H31N3O3S. The van der Waals surface area contributed by atoms with Crippen molar-refractivity contribution in [3.63, 3.8) is 0 Å². The van der Waals surface area contributed by atoms with Gasteiger partial charge in [0.05, 0.1) is 12.8 Å². The number of hydrogen-bond acceptors (Lipinski definition) is 4. The van der Waals surface area contributed by atoms with E-state index in [-0.39, 0.29) is 12.5 Å². The van der Waals surface area contributed by atoms with Crippen molar-refractivity contribution >= 4 is 27.3 Å². The van der Waals surface area contributed by atoms with Crippen molar-refractivity contribution in [2.24, 2.45) is 5.92 Å². The Balaban J connectivity index is 1.92. The van der Waals surface area contributed by atoms with E-state index in [2.05, 4.69) is 17.1 Å². The normalized spacial score (nSPS) is 16.1. The summed E-state index contributed by atoms with van der Waals surface area (Å²) in [4.78, 5) is 14.6. The van der Waals surface area contributed by atoms with Crippen LogP contribution >= 0.6 is 0 Å². The van der Waals surface area contributed by atoms with Gasteiger partial charge in [0.1, 0.15) is 0 Å². The number of rotatable bonds is 8. The van der Waals surface area contributed by atoms with Gasteiger partial charge >= 0.3 is 0 Å². The summed E-state index contributed by atoms with van der Waals surface area (Å²) >= 11 is 0. The quantitative estimate of drug-likeness (QED) is 0.752. The molecule has 7 heteroatoms. The topological polar surface area (TPSA) is 69.7 Å². The number of anilines is 2. The fraction of sp³-hybridized carbons (Fsp3) is 0.632. The molecule has 0 radical (unpaired) electrons. The molecule has 6 nitrogen and oxygen atoms in total. The Bertz CT molecular complexity index is 680. The Morgan fingerprint density at radius 3 is 2.38 bits per heavy atom. The second-order valence-corrected chi connectivity index (χ2v) is 9.20. The smallest absolute Gasteiger partial charge is 0.239 e. The highest BCUT2D eigenvalue weighted by Crippen LogP contribution is 2.24. The summed E-state index contributed by atoms with van der Waals surface area (Å²) in [6.45, 7) is 6.63. The zero-order chi connectivity index (χ0) is 19.2. The largest absolute Gasteiger partial charge is 0.372 e. The molecule has 2 rings (SSSR count). The number of amides is 1. The van der Waals surface area contributed by atoms with E-state index < -0.39 is 10.0 Å². The van der Waals surface area contributed by atoms with E-state index in [9.17, 15) is 13.2 Å². The minimum absolute atomic E-state index is 0.148. The van der Waals surface area contributed by atoms with Gasteiger partial charge in [-0.05, 0) is 49.4 Å². The molecule has 0 bridgehead atoms. The average Bonchev–Trinajstić information content (AvgIpc) is 2.59.